The predicted octanol–water partition coefficient (Wildman–Crippen LogP) is 3.16. The molecule has 2 aromatic rings. The van der Waals surface area contributed by atoms with Gasteiger partial charge in [-0.2, -0.15) is 0 Å². The second-order valence-corrected chi connectivity index (χ2v) is 6.57. The van der Waals surface area contributed by atoms with Crippen LogP contribution in [0, 0.1) is 23.0 Å². The summed E-state index contributed by atoms with van der Waals surface area (Å²) >= 11 is 0. The zero-order chi connectivity index (χ0) is 19.8. The number of aryl methyl sites for hydroxylation is 1. The molecule has 27 heavy (non-hydrogen) atoms. The first-order chi connectivity index (χ1) is 12.9. The molecule has 0 aliphatic heterocycles. The molecule has 0 aliphatic rings. The highest BCUT2D eigenvalue weighted by Crippen LogP contribution is 2.25. The third-order valence-electron chi connectivity index (χ3n) is 4.45. The van der Waals surface area contributed by atoms with E-state index in [-0.39, 0.29) is 23.6 Å². The van der Waals surface area contributed by atoms with Crippen molar-refractivity contribution < 1.29 is 9.72 Å². The first-order valence-electron chi connectivity index (χ1n) is 8.97. The molecule has 2 atom stereocenters. The van der Waals surface area contributed by atoms with E-state index < -0.39 is 4.92 Å². The first-order valence-corrected chi connectivity index (χ1v) is 8.97. The zero-order valence-electron chi connectivity index (χ0n) is 15.6. The van der Waals surface area contributed by atoms with E-state index in [9.17, 15) is 14.9 Å². The number of carbonyl (C=O) groups excluding carboxylic acids is 1. The summed E-state index contributed by atoms with van der Waals surface area (Å²) in [6.45, 7) is 4.61. The molecule has 144 valence electrons. The third-order valence-corrected chi connectivity index (χ3v) is 4.45. The standard InChI is InChI=1S/C20H26N4O3/c1-14-9-10-17(18(13-14)24(26)27)22-11-6-12-23-20(25)15(2)19(21)16-7-4-3-5-8-16/h3-5,7-10,13,15,19,22H,6,11-12,21H2,1-2H3,(H,23,25). The third kappa shape index (κ3) is 5.79. The Kier molecular flexibility index (Phi) is 7.31. The van der Waals surface area contributed by atoms with E-state index in [1.54, 1.807) is 13.0 Å². The van der Waals surface area contributed by atoms with Gasteiger partial charge in [0.2, 0.25) is 5.91 Å². The Bertz CT molecular complexity index is 780. The largest absolute Gasteiger partial charge is 0.379 e. The number of nitrogens with one attached hydrogen (secondary N) is 2. The van der Waals surface area contributed by atoms with Gasteiger partial charge in [0, 0.05) is 25.2 Å². The van der Waals surface area contributed by atoms with Crippen LogP contribution < -0.4 is 16.4 Å². The summed E-state index contributed by atoms with van der Waals surface area (Å²) in [5.41, 5.74) is 8.47. The van der Waals surface area contributed by atoms with Gasteiger partial charge in [-0.1, -0.05) is 43.3 Å². The predicted molar refractivity (Wildman–Crippen MR) is 106 cm³/mol. The molecule has 0 fully saturated rings. The number of nitrogens with two attached hydrogens (primary N) is 1. The van der Waals surface area contributed by atoms with Gasteiger partial charge < -0.3 is 16.4 Å². The van der Waals surface area contributed by atoms with Crippen LogP contribution in [-0.4, -0.2) is 23.9 Å². The molecule has 4 N–H and O–H groups in total. The maximum absolute atomic E-state index is 12.3. The molecule has 2 unspecified atom stereocenters. The number of carbonyl (C=O) groups is 1. The van der Waals surface area contributed by atoms with Gasteiger partial charge >= 0.3 is 0 Å². The zero-order valence-corrected chi connectivity index (χ0v) is 15.6. The number of hydrogen-bond acceptors (Lipinski definition) is 5. The van der Waals surface area contributed by atoms with E-state index >= 15 is 0 Å². The minimum Gasteiger partial charge on any atom is -0.379 e. The number of anilines is 1. The molecule has 0 saturated heterocycles. The van der Waals surface area contributed by atoms with Gasteiger partial charge in [-0.15, -0.1) is 0 Å². The molecular weight excluding hydrogens is 344 g/mol. The Morgan fingerprint density at radius 2 is 1.89 bits per heavy atom. The van der Waals surface area contributed by atoms with Gasteiger partial charge in [0.15, 0.2) is 0 Å². The lowest BCUT2D eigenvalue weighted by molar-refractivity contribution is -0.384. The van der Waals surface area contributed by atoms with E-state index in [0.29, 0.717) is 25.2 Å². The smallest absolute Gasteiger partial charge is 0.292 e. The maximum atomic E-state index is 12.3. The van der Waals surface area contributed by atoms with Crippen LogP contribution in [-0.2, 0) is 4.79 Å². The maximum Gasteiger partial charge on any atom is 0.292 e. The van der Waals surface area contributed by atoms with Gasteiger partial charge in [0.1, 0.15) is 5.69 Å². The summed E-state index contributed by atoms with van der Waals surface area (Å²) in [6, 6.07) is 14.2. The van der Waals surface area contributed by atoms with E-state index in [2.05, 4.69) is 10.6 Å². The van der Waals surface area contributed by atoms with Crippen molar-refractivity contribution in [3.8, 4) is 0 Å². The van der Waals surface area contributed by atoms with Crippen molar-refractivity contribution in [3.63, 3.8) is 0 Å². The average Bonchev–Trinajstić information content (AvgIpc) is 2.67. The Morgan fingerprint density at radius 3 is 2.56 bits per heavy atom. The number of amides is 1. The van der Waals surface area contributed by atoms with Crippen LogP contribution in [0.4, 0.5) is 11.4 Å². The summed E-state index contributed by atoms with van der Waals surface area (Å²) in [7, 11) is 0. The van der Waals surface area contributed by atoms with Crippen LogP contribution in [0.3, 0.4) is 0 Å². The summed E-state index contributed by atoms with van der Waals surface area (Å²) in [6.07, 6.45) is 0.643. The van der Waals surface area contributed by atoms with Crippen molar-refractivity contribution >= 4 is 17.3 Å². The van der Waals surface area contributed by atoms with Crippen molar-refractivity contribution in [1.29, 1.82) is 0 Å². The average molecular weight is 370 g/mol. The van der Waals surface area contributed by atoms with Crippen LogP contribution >= 0.6 is 0 Å². The molecular formula is C20H26N4O3. The fourth-order valence-electron chi connectivity index (χ4n) is 2.75. The van der Waals surface area contributed by atoms with Gasteiger partial charge in [-0.25, -0.2) is 0 Å². The number of nitrogens with zero attached hydrogens (tertiary/aromatic N) is 1. The lowest BCUT2D eigenvalue weighted by atomic mass is 9.95. The van der Waals surface area contributed by atoms with E-state index in [4.69, 9.17) is 5.73 Å². The first kappa shape index (κ1) is 20.4. The second-order valence-electron chi connectivity index (χ2n) is 6.57. The van der Waals surface area contributed by atoms with Crippen LogP contribution in [0.15, 0.2) is 48.5 Å². The topological polar surface area (TPSA) is 110 Å². The quantitative estimate of drug-likeness (QED) is 0.357. The van der Waals surface area contributed by atoms with Crippen LogP contribution in [0.1, 0.15) is 30.5 Å². The Hall–Kier alpha value is -2.93. The molecule has 0 radical (unpaired) electrons. The van der Waals surface area contributed by atoms with Crippen molar-refractivity contribution in [2.75, 3.05) is 18.4 Å². The minimum atomic E-state index is -0.399. The van der Waals surface area contributed by atoms with Gasteiger partial charge in [0.05, 0.1) is 10.8 Å². The summed E-state index contributed by atoms with van der Waals surface area (Å²) < 4.78 is 0. The lowest BCUT2D eigenvalue weighted by Gasteiger charge is -2.19. The van der Waals surface area contributed by atoms with Gasteiger partial charge in [-0.3, -0.25) is 14.9 Å². The molecule has 0 bridgehead atoms. The fourth-order valence-corrected chi connectivity index (χ4v) is 2.75. The van der Waals surface area contributed by atoms with Crippen LogP contribution in [0.2, 0.25) is 0 Å². The Morgan fingerprint density at radius 1 is 1.19 bits per heavy atom. The molecule has 0 heterocycles. The number of benzene rings is 2. The highest BCUT2D eigenvalue weighted by atomic mass is 16.6. The number of rotatable bonds is 9. The summed E-state index contributed by atoms with van der Waals surface area (Å²) in [5.74, 6) is -0.453. The van der Waals surface area contributed by atoms with Gasteiger partial charge in [-0.05, 0) is 30.5 Å². The highest BCUT2D eigenvalue weighted by molar-refractivity contribution is 5.79. The number of nitro benzene ring substituents is 1. The van der Waals surface area contributed by atoms with E-state index in [1.165, 1.54) is 6.07 Å². The van der Waals surface area contributed by atoms with Crippen molar-refractivity contribution in [2.45, 2.75) is 26.3 Å². The highest BCUT2D eigenvalue weighted by Gasteiger charge is 2.21. The van der Waals surface area contributed by atoms with Crippen molar-refractivity contribution in [1.82, 2.24) is 5.32 Å². The molecule has 1 amide bonds. The monoisotopic (exact) mass is 370 g/mol. The fraction of sp³-hybridized carbons (Fsp3) is 0.350. The SMILES string of the molecule is Cc1ccc(NCCCNC(=O)C(C)C(N)c2ccccc2)c([N+](=O)[O-])c1. The van der Waals surface area contributed by atoms with E-state index in [0.717, 1.165) is 11.1 Å². The second kappa shape index (κ2) is 9.68. The van der Waals surface area contributed by atoms with Gasteiger partial charge in [0.25, 0.3) is 5.69 Å². The van der Waals surface area contributed by atoms with Crippen LogP contribution in [0.25, 0.3) is 0 Å². The molecule has 0 spiro atoms. The normalized spacial score (nSPS) is 12.9. The number of hydrogen-bond donors (Lipinski definition) is 3. The van der Waals surface area contributed by atoms with E-state index in [1.807, 2.05) is 43.3 Å². The van der Waals surface area contributed by atoms with Crippen LogP contribution in [0.5, 0.6) is 0 Å². The summed E-state index contributed by atoms with van der Waals surface area (Å²) in [5, 5.41) is 17.0. The molecule has 0 saturated carbocycles. The van der Waals surface area contributed by atoms with Crippen molar-refractivity contribution in [2.24, 2.45) is 11.7 Å². The molecule has 7 heteroatoms. The Labute approximate surface area is 159 Å². The minimum absolute atomic E-state index is 0.0569. The molecule has 7 nitrogen and oxygen atoms in total. The molecule has 0 aliphatic carbocycles. The van der Waals surface area contributed by atoms with Crippen molar-refractivity contribution in [3.05, 3.63) is 69.8 Å². The lowest BCUT2D eigenvalue weighted by Crippen LogP contribution is -2.36. The molecule has 0 aromatic heterocycles. The number of nitro groups is 1. The molecule has 2 aromatic carbocycles. The Balaban J connectivity index is 1.77. The summed E-state index contributed by atoms with van der Waals surface area (Å²) in [4.78, 5) is 23.0. The molecule has 2 rings (SSSR count).